The minimum atomic E-state index is -0.491. The number of non-ortho nitro benzene ring substituents is 1. The first-order chi connectivity index (χ1) is 9.13. The van der Waals surface area contributed by atoms with Crippen molar-refractivity contribution in [2.24, 2.45) is 0 Å². The van der Waals surface area contributed by atoms with E-state index in [-0.39, 0.29) is 24.3 Å². The number of nitrogens with zero attached hydrogens (tertiary/aromatic N) is 2. The minimum absolute atomic E-state index is 0.0247. The summed E-state index contributed by atoms with van der Waals surface area (Å²) in [4.78, 5) is 22.2. The van der Waals surface area contributed by atoms with Crippen LogP contribution in [0.1, 0.15) is 5.56 Å². The van der Waals surface area contributed by atoms with Gasteiger partial charge in [-0.05, 0) is 18.2 Å². The Morgan fingerprint density at radius 1 is 1.21 bits per heavy atom. The summed E-state index contributed by atoms with van der Waals surface area (Å²) in [5.41, 5.74) is 0.799. The van der Waals surface area contributed by atoms with E-state index in [1.54, 1.807) is 18.3 Å². The van der Waals surface area contributed by atoms with Gasteiger partial charge in [0.1, 0.15) is 0 Å². The number of pyridine rings is 1. The highest BCUT2D eigenvalue weighted by molar-refractivity contribution is 5.41. The van der Waals surface area contributed by atoms with Gasteiger partial charge in [-0.25, -0.2) is 0 Å². The van der Waals surface area contributed by atoms with Crippen LogP contribution in [0.15, 0.2) is 47.4 Å². The summed E-state index contributed by atoms with van der Waals surface area (Å²) >= 11 is 0. The lowest BCUT2D eigenvalue weighted by atomic mass is 10.2. The highest BCUT2D eigenvalue weighted by atomic mass is 16.6. The van der Waals surface area contributed by atoms with Gasteiger partial charge in [0.25, 0.3) is 11.2 Å². The van der Waals surface area contributed by atoms with Gasteiger partial charge in [0.2, 0.25) is 0 Å². The van der Waals surface area contributed by atoms with Gasteiger partial charge in [-0.15, -0.1) is 0 Å². The van der Waals surface area contributed by atoms with Crippen LogP contribution in [0, 0.1) is 10.1 Å². The van der Waals surface area contributed by atoms with Crippen molar-refractivity contribution in [1.29, 1.82) is 0 Å². The number of nitro groups is 1. The molecule has 2 aromatic rings. The number of benzene rings is 1. The zero-order valence-electron chi connectivity index (χ0n) is 10.0. The van der Waals surface area contributed by atoms with E-state index in [2.05, 4.69) is 0 Å². The van der Waals surface area contributed by atoms with Gasteiger partial charge in [-0.3, -0.25) is 19.5 Å². The second kappa shape index (κ2) is 5.45. The minimum Gasteiger partial charge on any atom is -0.396 e. The van der Waals surface area contributed by atoms with Crippen molar-refractivity contribution in [2.75, 3.05) is 6.61 Å². The van der Waals surface area contributed by atoms with Crippen LogP contribution in [0.5, 0.6) is 0 Å². The summed E-state index contributed by atoms with van der Waals surface area (Å²) in [7, 11) is 0. The molecule has 0 atom stereocenters. The number of aromatic nitrogens is 1. The second-order valence-corrected chi connectivity index (χ2v) is 3.96. The fourth-order valence-corrected chi connectivity index (χ4v) is 1.79. The maximum absolute atomic E-state index is 12.1. The standard InChI is InChI=1S/C13H12N2O4/c16-9-7-10-2-1-8-14(13(10)17)11-3-5-12(6-4-11)15(18)19/h1-6,8,16H,7,9H2. The first kappa shape index (κ1) is 13.0. The maximum Gasteiger partial charge on any atom is 0.269 e. The Morgan fingerprint density at radius 3 is 2.47 bits per heavy atom. The molecule has 1 heterocycles. The fourth-order valence-electron chi connectivity index (χ4n) is 1.79. The Balaban J connectivity index is 2.44. The highest BCUT2D eigenvalue weighted by Gasteiger charge is 2.07. The van der Waals surface area contributed by atoms with E-state index in [0.717, 1.165) is 0 Å². The quantitative estimate of drug-likeness (QED) is 0.662. The lowest BCUT2D eigenvalue weighted by Crippen LogP contribution is -2.22. The highest BCUT2D eigenvalue weighted by Crippen LogP contribution is 2.14. The molecule has 19 heavy (non-hydrogen) atoms. The molecule has 1 aromatic heterocycles. The normalized spacial score (nSPS) is 10.4. The number of nitro benzene ring substituents is 1. The van der Waals surface area contributed by atoms with E-state index in [0.29, 0.717) is 11.3 Å². The molecule has 1 aromatic carbocycles. The largest absolute Gasteiger partial charge is 0.396 e. The van der Waals surface area contributed by atoms with Gasteiger partial charge >= 0.3 is 0 Å². The van der Waals surface area contributed by atoms with E-state index in [4.69, 9.17) is 5.11 Å². The summed E-state index contributed by atoms with van der Waals surface area (Å²) in [6.45, 7) is -0.0977. The van der Waals surface area contributed by atoms with Crippen LogP contribution in [0.25, 0.3) is 5.69 Å². The fraction of sp³-hybridized carbons (Fsp3) is 0.154. The molecule has 0 bridgehead atoms. The van der Waals surface area contributed by atoms with Crippen LogP contribution in [0.3, 0.4) is 0 Å². The van der Waals surface area contributed by atoms with Crippen LogP contribution < -0.4 is 5.56 Å². The number of hydrogen-bond acceptors (Lipinski definition) is 4. The third-order valence-electron chi connectivity index (χ3n) is 2.75. The molecule has 0 aliphatic heterocycles. The van der Waals surface area contributed by atoms with Crippen molar-refractivity contribution in [1.82, 2.24) is 4.57 Å². The summed E-state index contributed by atoms with van der Waals surface area (Å²) in [5.74, 6) is 0. The molecule has 1 N–H and O–H groups in total. The van der Waals surface area contributed by atoms with Crippen molar-refractivity contribution in [2.45, 2.75) is 6.42 Å². The molecular formula is C13H12N2O4. The predicted octanol–water partition coefficient (Wildman–Crippen LogP) is 1.28. The lowest BCUT2D eigenvalue weighted by Gasteiger charge is -2.07. The molecule has 0 fully saturated rings. The molecule has 0 aliphatic carbocycles. The van der Waals surface area contributed by atoms with E-state index < -0.39 is 4.92 Å². The van der Waals surface area contributed by atoms with Crippen LogP contribution in [0.4, 0.5) is 5.69 Å². The van der Waals surface area contributed by atoms with Gasteiger partial charge in [0, 0.05) is 42.6 Å². The SMILES string of the molecule is O=c1c(CCO)cccn1-c1ccc([N+](=O)[O-])cc1. The Labute approximate surface area is 108 Å². The second-order valence-electron chi connectivity index (χ2n) is 3.96. The average Bonchev–Trinajstić information content (AvgIpc) is 2.41. The molecule has 0 unspecified atom stereocenters. The number of hydrogen-bond donors (Lipinski definition) is 1. The Bertz CT molecular complexity index is 646. The summed E-state index contributed by atoms with van der Waals surface area (Å²) in [6.07, 6.45) is 1.87. The first-order valence-electron chi connectivity index (χ1n) is 5.69. The smallest absolute Gasteiger partial charge is 0.269 e. The molecule has 6 heteroatoms. The Morgan fingerprint density at radius 2 is 1.89 bits per heavy atom. The van der Waals surface area contributed by atoms with Gasteiger partial charge < -0.3 is 5.11 Å². The van der Waals surface area contributed by atoms with E-state index in [9.17, 15) is 14.9 Å². The molecule has 0 aliphatic rings. The predicted molar refractivity (Wildman–Crippen MR) is 69.5 cm³/mol. The monoisotopic (exact) mass is 260 g/mol. The molecule has 0 spiro atoms. The van der Waals surface area contributed by atoms with Gasteiger partial charge in [0.15, 0.2) is 0 Å². The third-order valence-corrected chi connectivity index (χ3v) is 2.75. The van der Waals surface area contributed by atoms with Crippen molar-refractivity contribution >= 4 is 5.69 Å². The molecule has 0 saturated heterocycles. The summed E-state index contributed by atoms with van der Waals surface area (Å²) < 4.78 is 1.40. The van der Waals surface area contributed by atoms with Crippen molar-refractivity contribution in [3.63, 3.8) is 0 Å². The molecule has 2 rings (SSSR count). The van der Waals surface area contributed by atoms with Gasteiger partial charge in [-0.1, -0.05) is 6.07 Å². The molecule has 0 amide bonds. The van der Waals surface area contributed by atoms with Gasteiger partial charge in [-0.2, -0.15) is 0 Å². The lowest BCUT2D eigenvalue weighted by molar-refractivity contribution is -0.384. The molecule has 6 nitrogen and oxygen atoms in total. The maximum atomic E-state index is 12.1. The summed E-state index contributed by atoms with van der Waals surface area (Å²) in [6, 6.07) is 9.08. The third kappa shape index (κ3) is 2.69. The van der Waals surface area contributed by atoms with Crippen molar-refractivity contribution in [3.8, 4) is 5.69 Å². The van der Waals surface area contributed by atoms with E-state index in [1.165, 1.54) is 28.8 Å². The number of aliphatic hydroxyl groups is 1. The molecule has 98 valence electrons. The average molecular weight is 260 g/mol. The summed E-state index contributed by atoms with van der Waals surface area (Å²) in [5, 5.41) is 19.4. The van der Waals surface area contributed by atoms with E-state index in [1.807, 2.05) is 0 Å². The van der Waals surface area contributed by atoms with Crippen LogP contribution in [0.2, 0.25) is 0 Å². The number of rotatable bonds is 4. The number of aliphatic hydroxyl groups excluding tert-OH is 1. The Hall–Kier alpha value is -2.47. The molecule has 0 radical (unpaired) electrons. The first-order valence-corrected chi connectivity index (χ1v) is 5.69. The topological polar surface area (TPSA) is 85.4 Å². The van der Waals surface area contributed by atoms with Crippen LogP contribution in [-0.2, 0) is 6.42 Å². The molecule has 0 saturated carbocycles. The zero-order chi connectivity index (χ0) is 13.8. The van der Waals surface area contributed by atoms with Crippen LogP contribution >= 0.6 is 0 Å². The van der Waals surface area contributed by atoms with Crippen LogP contribution in [-0.4, -0.2) is 21.2 Å². The Kier molecular flexibility index (Phi) is 3.72. The van der Waals surface area contributed by atoms with Gasteiger partial charge in [0.05, 0.1) is 4.92 Å². The molecular weight excluding hydrogens is 248 g/mol. The zero-order valence-corrected chi connectivity index (χ0v) is 10.0. The van der Waals surface area contributed by atoms with Crippen molar-refractivity contribution < 1.29 is 10.0 Å². The van der Waals surface area contributed by atoms with Crippen molar-refractivity contribution in [3.05, 3.63) is 68.6 Å². The van der Waals surface area contributed by atoms with E-state index >= 15 is 0 Å².